The molecule has 0 saturated heterocycles. The van der Waals surface area contributed by atoms with Crippen molar-refractivity contribution in [1.29, 1.82) is 0 Å². The molecule has 0 aliphatic heterocycles. The summed E-state index contributed by atoms with van der Waals surface area (Å²) in [6, 6.07) is 32.6. The van der Waals surface area contributed by atoms with E-state index in [1.165, 1.54) is 222 Å². The van der Waals surface area contributed by atoms with Crippen LogP contribution in [-0.4, -0.2) is 295 Å². The molecule has 0 fully saturated rings. The summed E-state index contributed by atoms with van der Waals surface area (Å²) < 4.78 is 43.3. The molecule has 0 unspecified atom stereocenters. The van der Waals surface area contributed by atoms with Crippen LogP contribution < -0.4 is 0 Å². The highest BCUT2D eigenvalue weighted by molar-refractivity contribution is 8.03. The first-order valence-corrected chi connectivity index (χ1v) is 104. The summed E-state index contributed by atoms with van der Waals surface area (Å²) in [4.78, 5) is 101. The van der Waals surface area contributed by atoms with Gasteiger partial charge in [-0.3, -0.25) is 38.4 Å². The van der Waals surface area contributed by atoms with Crippen LogP contribution in [0, 0.1) is 0 Å². The molecule has 0 atom stereocenters. The zero-order chi connectivity index (χ0) is 101. The minimum absolute atomic E-state index is 0.0951. The summed E-state index contributed by atoms with van der Waals surface area (Å²) in [7, 11) is -22.7. The monoisotopic (exact) mass is 2230 g/mol. The minimum atomic E-state index is -2.11. The van der Waals surface area contributed by atoms with E-state index >= 15 is 0 Å². The van der Waals surface area contributed by atoms with Gasteiger partial charge in [-0.05, 0) is 98.4 Å². The molecule has 0 radical (unpaired) electrons. The molecule has 16 nitrogen and oxygen atoms in total. The molecule has 133 heavy (non-hydrogen) atoms. The predicted molar refractivity (Wildman–Crippen MR) is 635 cm³/mol. The molecular weight excluding hydrogens is 2030 g/mol. The van der Waals surface area contributed by atoms with Crippen LogP contribution in [0.3, 0.4) is 0 Å². The lowest BCUT2D eigenvalue weighted by Crippen LogP contribution is -2.40. The second-order valence-electron chi connectivity index (χ2n) is 46.7. The summed E-state index contributed by atoms with van der Waals surface area (Å²) in [6.07, 6.45) is 15.7. The lowest BCUT2D eigenvalue weighted by molar-refractivity contribution is -0.140. The minimum Gasteiger partial charge on any atom is -0.465 e. The second kappa shape index (κ2) is 72.6. The van der Waals surface area contributed by atoms with E-state index in [0.717, 1.165) is 43.0 Å². The molecule has 0 aliphatic carbocycles. The maximum atomic E-state index is 12.7. The summed E-state index contributed by atoms with van der Waals surface area (Å²) in [5.74, 6) is 2.72. The number of ether oxygens (including phenoxy) is 8. The number of carbonyl (C=O) groups excluding carboxylic acids is 8. The standard InChI is InChI=1S/C96H204O16S8Si13/c1-29-105-89(97)73-113-81-121(9,10)49-37-57-129(25,58-38-50-122(11,12)82-114-74-90(98)106-30-2)65-45-69-133(70-46-66-130(26,59-39-51-123(13,14)83-115-75-91(99)107-31-3)60-40-52-124(15,16)84-116-76-92(100)108-32-4,71-47-67-131(27,61-41-53-125(17,18)85-117-77-93(101)109-33-5)62-42-54-126(19,20)86-118-78-94(102)110-34-6)72-48-68-132(28,63-43-55-127(21,22)87-119-79-95(103)111-35-7)64-44-56-128(23,24)88-120-80-96(104)112-36-8/h29-88H2,1-28H3. The number of rotatable bonds is 88. The highest BCUT2D eigenvalue weighted by atomic mass is 32.2. The van der Waals surface area contributed by atoms with Gasteiger partial charge in [-0.2, -0.15) is 94.1 Å². The molecule has 0 aromatic carbocycles. The maximum absolute atomic E-state index is 12.7. The Balaban J connectivity index is 9.22. The number of thioether (sulfide) groups is 8. The van der Waals surface area contributed by atoms with E-state index in [-0.39, 0.29) is 47.8 Å². The molecule has 784 valence electrons. The lowest BCUT2D eigenvalue weighted by Gasteiger charge is -2.39. The quantitative estimate of drug-likeness (QED) is 0.0315. The van der Waals surface area contributed by atoms with Crippen molar-refractivity contribution in [2.45, 2.75) is 408 Å². The average Bonchev–Trinajstić information content (AvgIpc) is 0.831. The van der Waals surface area contributed by atoms with Crippen LogP contribution in [-0.2, 0) is 76.3 Å². The zero-order valence-electron chi connectivity index (χ0n) is 90.7. The molecule has 0 amide bonds. The fraction of sp³-hybridized carbons (Fsp3) is 0.917. The van der Waals surface area contributed by atoms with Gasteiger partial charge < -0.3 is 37.9 Å². The first kappa shape index (κ1) is 134. The molecule has 0 rings (SSSR count). The van der Waals surface area contributed by atoms with Gasteiger partial charge in [0.05, 0.1) is 204 Å². The van der Waals surface area contributed by atoms with Crippen LogP contribution in [0.4, 0.5) is 0 Å². The van der Waals surface area contributed by atoms with Crippen molar-refractivity contribution in [3.63, 3.8) is 0 Å². The van der Waals surface area contributed by atoms with E-state index < -0.39 is 105 Å². The van der Waals surface area contributed by atoms with Crippen LogP contribution in [0.1, 0.15) is 132 Å². The molecule has 0 saturated carbocycles. The molecule has 0 N–H and O–H groups in total. The number of esters is 8. The Kier molecular flexibility index (Phi) is 73.4. The van der Waals surface area contributed by atoms with E-state index in [1.807, 2.05) is 55.4 Å². The SMILES string of the molecule is CCOC(=O)CSC[Si](C)(C)CCC[Si](C)(CCC[Si](C)(C)CSCC(=O)OCC)CCC[Si](CCC[Si](C)(CCC[Si](C)(C)CSCC(=O)OCC)CCC[Si](C)(C)CSCC(=O)OCC)(CCC[Si](C)(CCC[Si](C)(C)CSCC(=O)OCC)CCC[Si](C)(C)CSCC(=O)OCC)CCC[Si](C)(CCC[Si](C)(C)CSCC(=O)OCC)CCC[Si](C)(C)CSCC(=O)OCC. The van der Waals surface area contributed by atoms with Crippen molar-refractivity contribution in [2.75, 3.05) is 142 Å². The Bertz CT molecular complexity index is 2620. The third kappa shape index (κ3) is 73.2. The van der Waals surface area contributed by atoms with Crippen molar-refractivity contribution in [3.05, 3.63) is 0 Å². The maximum Gasteiger partial charge on any atom is 0.315 e. The molecule has 0 bridgehead atoms. The van der Waals surface area contributed by atoms with Gasteiger partial charge in [-0.15, -0.1) is 0 Å². The first-order chi connectivity index (χ1) is 62.1. The van der Waals surface area contributed by atoms with Crippen molar-refractivity contribution in [2.24, 2.45) is 0 Å². The van der Waals surface area contributed by atoms with Crippen LogP contribution in [0.25, 0.3) is 0 Å². The number of hydrogen-bond acceptors (Lipinski definition) is 24. The Hall–Kier alpha value is 1.38. The smallest absolute Gasteiger partial charge is 0.315 e. The van der Waals surface area contributed by atoms with Gasteiger partial charge in [0.1, 0.15) is 0 Å². The van der Waals surface area contributed by atoms with Crippen molar-refractivity contribution in [3.8, 4) is 0 Å². The van der Waals surface area contributed by atoms with E-state index in [4.69, 9.17) is 37.9 Å². The van der Waals surface area contributed by atoms with Crippen LogP contribution in [0.5, 0.6) is 0 Å². The molecular formula is C96H204O16S8Si13. The Morgan fingerprint density at radius 3 is 0.353 bits per heavy atom. The molecule has 0 aromatic rings. The predicted octanol–water partition coefficient (Wildman–Crippen LogP) is 28.8. The van der Waals surface area contributed by atoms with Gasteiger partial charge in [-0.1, -0.05) is 353 Å². The fourth-order valence-corrected chi connectivity index (χ4v) is 80.7. The largest absolute Gasteiger partial charge is 0.465 e. The van der Waals surface area contributed by atoms with Gasteiger partial charge in [0.2, 0.25) is 0 Å². The zero-order valence-corrected chi connectivity index (χ0v) is 110. The summed E-state index contributed by atoms with van der Waals surface area (Å²) in [5.41, 5.74) is 0. The third-order valence-corrected chi connectivity index (χ3v) is 100. The fourth-order valence-electron chi connectivity index (χ4n) is 19.2. The van der Waals surface area contributed by atoms with Crippen molar-refractivity contribution < 1.29 is 76.3 Å². The Morgan fingerprint density at radius 1 is 0.158 bits per heavy atom. The molecule has 0 aliphatic rings. The first-order valence-electron chi connectivity index (χ1n) is 52.0. The lowest BCUT2D eigenvalue weighted by atomic mass is 10.5. The number of carbonyl (C=O) groups is 8. The van der Waals surface area contributed by atoms with E-state index in [9.17, 15) is 38.4 Å². The van der Waals surface area contributed by atoms with Crippen molar-refractivity contribution >= 4 is 247 Å². The normalized spacial score (nSPS) is 13.1. The Labute approximate surface area is 865 Å². The summed E-state index contributed by atoms with van der Waals surface area (Å²) in [6.45, 7) is 71.0. The van der Waals surface area contributed by atoms with Crippen LogP contribution in [0.2, 0.25) is 276 Å². The van der Waals surface area contributed by atoms with E-state index in [1.54, 1.807) is 94.1 Å². The third-order valence-electron chi connectivity index (χ3n) is 27.2. The number of hydrogen-bond donors (Lipinski definition) is 0. The molecule has 0 spiro atoms. The van der Waals surface area contributed by atoms with Crippen molar-refractivity contribution in [1.82, 2.24) is 0 Å². The van der Waals surface area contributed by atoms with E-state index in [0.29, 0.717) is 98.9 Å². The summed E-state index contributed by atoms with van der Waals surface area (Å²) >= 11 is 14.4. The average molecular weight is 2240 g/mol. The second-order valence-corrected chi connectivity index (χ2v) is 126. The summed E-state index contributed by atoms with van der Waals surface area (Å²) in [5, 5.41) is 8.60. The molecule has 0 aromatic heterocycles. The van der Waals surface area contributed by atoms with Crippen LogP contribution in [0.15, 0.2) is 0 Å². The highest BCUT2D eigenvalue weighted by Crippen LogP contribution is 2.44. The van der Waals surface area contributed by atoms with Gasteiger partial charge in [0.15, 0.2) is 0 Å². The van der Waals surface area contributed by atoms with E-state index in [2.05, 4.69) is 131 Å². The van der Waals surface area contributed by atoms with Gasteiger partial charge in [-0.25, -0.2) is 0 Å². The van der Waals surface area contributed by atoms with Crippen LogP contribution >= 0.6 is 94.1 Å². The van der Waals surface area contributed by atoms with Gasteiger partial charge in [0.25, 0.3) is 0 Å². The topological polar surface area (TPSA) is 210 Å². The van der Waals surface area contributed by atoms with Gasteiger partial charge >= 0.3 is 47.8 Å². The molecule has 0 heterocycles. The Morgan fingerprint density at radius 2 is 0.256 bits per heavy atom. The highest BCUT2D eigenvalue weighted by Gasteiger charge is 2.41. The molecule has 37 heteroatoms. The van der Waals surface area contributed by atoms with Gasteiger partial charge in [0, 0.05) is 0 Å².